The van der Waals surface area contributed by atoms with Crippen LogP contribution in [0.15, 0.2) is 24.3 Å². The van der Waals surface area contributed by atoms with E-state index in [-0.39, 0.29) is 12.3 Å². The predicted molar refractivity (Wildman–Crippen MR) is 55.5 cm³/mol. The Morgan fingerprint density at radius 1 is 1.50 bits per heavy atom. The van der Waals surface area contributed by atoms with E-state index < -0.39 is 18.6 Å². The molecule has 5 nitrogen and oxygen atoms in total. The number of aliphatic hydroxyl groups excluding tert-OH is 1. The molecule has 2 N–H and O–H groups in total. The molecule has 0 fully saturated rings. The van der Waals surface area contributed by atoms with Crippen LogP contribution in [0, 0.1) is 0 Å². The summed E-state index contributed by atoms with van der Waals surface area (Å²) >= 11 is 0. The lowest BCUT2D eigenvalue weighted by Gasteiger charge is -2.27. The largest absolute Gasteiger partial charge is 0.548 e. The number of hydrogen-bond acceptors (Lipinski definition) is 5. The van der Waals surface area contributed by atoms with Crippen LogP contribution in [0.25, 0.3) is 0 Å². The molecule has 0 amide bonds. The fraction of sp³-hybridized carbons (Fsp3) is 0.364. The number of carboxylic acid groups (broad SMARTS) is 1. The first-order chi connectivity index (χ1) is 7.56. The number of nitrogens with zero attached hydrogens (tertiary/aromatic N) is 1. The number of benzene rings is 1. The van der Waals surface area contributed by atoms with Gasteiger partial charge in [0.1, 0.15) is 5.75 Å². The molecule has 0 spiro atoms. The fourth-order valence-electron chi connectivity index (χ4n) is 1.42. The maximum absolute atomic E-state index is 10.7. The molecule has 0 radical (unpaired) electrons. The van der Waals surface area contributed by atoms with E-state index in [0.717, 1.165) is 0 Å². The molecule has 0 aliphatic heterocycles. The zero-order valence-corrected chi connectivity index (χ0v) is 8.96. The van der Waals surface area contributed by atoms with Crippen molar-refractivity contribution in [2.45, 2.75) is 12.6 Å². The third kappa shape index (κ3) is 2.95. The highest BCUT2D eigenvalue weighted by Crippen LogP contribution is 2.17. The number of phenolic OH excluding ortho intramolecular Hbond substituents is 1. The van der Waals surface area contributed by atoms with Gasteiger partial charge in [-0.2, -0.15) is 0 Å². The number of rotatable bonds is 5. The number of phenols is 1. The van der Waals surface area contributed by atoms with Gasteiger partial charge in [0.2, 0.25) is 0 Å². The van der Waals surface area contributed by atoms with E-state index in [4.69, 9.17) is 5.11 Å². The van der Waals surface area contributed by atoms with Gasteiger partial charge in [-0.25, -0.2) is 0 Å². The molecule has 0 aliphatic carbocycles. The number of carbonyl (C=O) groups is 1. The Balaban J connectivity index is 2.74. The number of para-hydroxylation sites is 1. The van der Waals surface area contributed by atoms with Gasteiger partial charge in [0.05, 0.1) is 18.6 Å². The predicted octanol–water partition coefficient (Wildman–Crippen LogP) is -1.07. The van der Waals surface area contributed by atoms with Crippen LogP contribution in [-0.4, -0.2) is 40.8 Å². The van der Waals surface area contributed by atoms with E-state index in [0.29, 0.717) is 5.56 Å². The zero-order valence-electron chi connectivity index (χ0n) is 8.96. The minimum atomic E-state index is -1.33. The van der Waals surface area contributed by atoms with E-state index in [1.807, 2.05) is 0 Å². The first-order valence-corrected chi connectivity index (χ1v) is 4.85. The second kappa shape index (κ2) is 5.48. The molecule has 0 saturated heterocycles. The van der Waals surface area contributed by atoms with Gasteiger partial charge < -0.3 is 20.1 Å². The van der Waals surface area contributed by atoms with Crippen molar-refractivity contribution in [1.29, 1.82) is 0 Å². The molecule has 0 saturated carbocycles. The highest BCUT2D eigenvalue weighted by molar-refractivity contribution is 5.71. The SMILES string of the molecule is CN(Cc1ccccc1O)C(CO)C(=O)[O-]. The molecular weight excluding hydrogens is 210 g/mol. The van der Waals surface area contributed by atoms with E-state index in [1.165, 1.54) is 11.0 Å². The number of hydrogen-bond donors (Lipinski definition) is 2. The molecular formula is C11H14NO4-. The summed E-state index contributed by atoms with van der Waals surface area (Å²) < 4.78 is 0. The Kier molecular flexibility index (Phi) is 4.28. The van der Waals surface area contributed by atoms with Crippen molar-refractivity contribution >= 4 is 5.97 Å². The first kappa shape index (κ1) is 12.5. The number of carboxylic acids is 1. The van der Waals surface area contributed by atoms with Crippen LogP contribution < -0.4 is 5.11 Å². The number of aliphatic carboxylic acids is 1. The lowest BCUT2D eigenvalue weighted by Crippen LogP contribution is -2.48. The van der Waals surface area contributed by atoms with Gasteiger partial charge in [0.15, 0.2) is 0 Å². The third-order valence-electron chi connectivity index (χ3n) is 2.39. The molecule has 1 aromatic carbocycles. The van der Waals surface area contributed by atoms with Crippen molar-refractivity contribution in [3.63, 3.8) is 0 Å². The van der Waals surface area contributed by atoms with Crippen LogP contribution in [0.3, 0.4) is 0 Å². The smallest absolute Gasteiger partial charge is 0.120 e. The van der Waals surface area contributed by atoms with Gasteiger partial charge in [-0.15, -0.1) is 0 Å². The van der Waals surface area contributed by atoms with Crippen molar-refractivity contribution in [3.05, 3.63) is 29.8 Å². The number of carbonyl (C=O) groups excluding carboxylic acids is 1. The van der Waals surface area contributed by atoms with Crippen molar-refractivity contribution < 1.29 is 20.1 Å². The molecule has 0 heterocycles. The average molecular weight is 224 g/mol. The van der Waals surface area contributed by atoms with E-state index in [2.05, 4.69) is 0 Å². The van der Waals surface area contributed by atoms with Crippen LogP contribution in [0.4, 0.5) is 0 Å². The molecule has 1 rings (SSSR count). The Bertz CT molecular complexity index is 367. The van der Waals surface area contributed by atoms with Gasteiger partial charge in [-0.1, -0.05) is 18.2 Å². The lowest BCUT2D eigenvalue weighted by atomic mass is 10.1. The summed E-state index contributed by atoms with van der Waals surface area (Å²) in [4.78, 5) is 12.1. The molecule has 1 unspecified atom stereocenters. The molecule has 0 aliphatic rings. The van der Waals surface area contributed by atoms with Crippen molar-refractivity contribution in [2.75, 3.05) is 13.7 Å². The van der Waals surface area contributed by atoms with Gasteiger partial charge in [0.25, 0.3) is 0 Å². The summed E-state index contributed by atoms with van der Waals surface area (Å²) in [5.41, 5.74) is 0.602. The summed E-state index contributed by atoms with van der Waals surface area (Å²) in [6.45, 7) is -0.293. The lowest BCUT2D eigenvalue weighted by molar-refractivity contribution is -0.312. The van der Waals surface area contributed by atoms with Crippen LogP contribution >= 0.6 is 0 Å². The summed E-state index contributed by atoms with van der Waals surface area (Å²) in [6.07, 6.45) is 0. The maximum atomic E-state index is 10.7. The van der Waals surface area contributed by atoms with Crippen LogP contribution in [-0.2, 0) is 11.3 Å². The first-order valence-electron chi connectivity index (χ1n) is 4.85. The highest BCUT2D eigenvalue weighted by atomic mass is 16.4. The normalized spacial score (nSPS) is 12.7. The summed E-state index contributed by atoms with van der Waals surface area (Å²) in [5, 5.41) is 29.1. The minimum Gasteiger partial charge on any atom is -0.548 e. The molecule has 16 heavy (non-hydrogen) atoms. The van der Waals surface area contributed by atoms with Gasteiger partial charge in [-0.3, -0.25) is 4.90 Å². The second-order valence-electron chi connectivity index (χ2n) is 3.56. The summed E-state index contributed by atoms with van der Waals surface area (Å²) in [7, 11) is 1.54. The Hall–Kier alpha value is -1.59. The quantitative estimate of drug-likeness (QED) is 0.665. The Morgan fingerprint density at radius 3 is 2.62 bits per heavy atom. The van der Waals surface area contributed by atoms with Gasteiger partial charge in [0, 0.05) is 12.1 Å². The van der Waals surface area contributed by atoms with E-state index in [9.17, 15) is 15.0 Å². The molecule has 0 bridgehead atoms. The van der Waals surface area contributed by atoms with Crippen molar-refractivity contribution in [1.82, 2.24) is 4.90 Å². The molecule has 1 atom stereocenters. The Morgan fingerprint density at radius 2 is 2.12 bits per heavy atom. The highest BCUT2D eigenvalue weighted by Gasteiger charge is 2.15. The second-order valence-corrected chi connectivity index (χ2v) is 3.56. The van der Waals surface area contributed by atoms with Gasteiger partial charge >= 0.3 is 0 Å². The summed E-state index contributed by atoms with van der Waals surface area (Å²) in [6, 6.07) is 5.57. The third-order valence-corrected chi connectivity index (χ3v) is 2.39. The number of aromatic hydroxyl groups is 1. The molecule has 88 valence electrons. The molecule has 0 aromatic heterocycles. The van der Waals surface area contributed by atoms with E-state index in [1.54, 1.807) is 25.2 Å². The fourth-order valence-corrected chi connectivity index (χ4v) is 1.42. The number of likely N-dealkylation sites (N-methyl/N-ethyl adjacent to an activating group) is 1. The maximum Gasteiger partial charge on any atom is 0.120 e. The van der Waals surface area contributed by atoms with Gasteiger partial charge in [-0.05, 0) is 13.1 Å². The average Bonchev–Trinajstić information content (AvgIpc) is 2.22. The Labute approximate surface area is 93.6 Å². The molecule has 5 heteroatoms. The molecule has 1 aromatic rings. The topological polar surface area (TPSA) is 83.8 Å². The number of aliphatic hydroxyl groups is 1. The summed E-state index contributed by atoms with van der Waals surface area (Å²) in [5.74, 6) is -1.23. The van der Waals surface area contributed by atoms with Crippen LogP contribution in [0.1, 0.15) is 5.56 Å². The van der Waals surface area contributed by atoms with Crippen molar-refractivity contribution in [2.24, 2.45) is 0 Å². The monoisotopic (exact) mass is 224 g/mol. The zero-order chi connectivity index (χ0) is 12.1. The standard InChI is InChI=1S/C11H15NO4/c1-12(9(7-13)11(15)16)6-8-4-2-3-5-10(8)14/h2-5,9,13-14H,6-7H2,1H3,(H,15,16)/p-1. The van der Waals surface area contributed by atoms with Crippen molar-refractivity contribution in [3.8, 4) is 5.75 Å². The van der Waals surface area contributed by atoms with E-state index >= 15 is 0 Å². The minimum absolute atomic E-state index is 0.101. The van der Waals surface area contributed by atoms with Crippen LogP contribution in [0.5, 0.6) is 5.75 Å². The van der Waals surface area contributed by atoms with Crippen LogP contribution in [0.2, 0.25) is 0 Å².